The van der Waals surface area contributed by atoms with Crippen LogP contribution in [0.4, 0.5) is 10.1 Å². The lowest BCUT2D eigenvalue weighted by Gasteiger charge is -2.07. The number of halogens is 1. The summed E-state index contributed by atoms with van der Waals surface area (Å²) in [5.74, 6) is -2.29. The van der Waals surface area contributed by atoms with E-state index in [1.54, 1.807) is 0 Å². The SMILES string of the molecule is CCS(=O)(=O)Nc1cc(C(=O)O)ccc1F. The molecule has 2 N–H and O–H groups in total. The quantitative estimate of drug-likeness (QED) is 0.839. The zero-order valence-corrected chi connectivity index (χ0v) is 9.21. The summed E-state index contributed by atoms with van der Waals surface area (Å²) in [5, 5.41) is 8.66. The standard InChI is InChI=1S/C9H10FNO4S/c1-2-16(14,15)11-8-5-6(9(12)13)3-4-7(8)10/h3-5,11H,2H2,1H3,(H,12,13). The lowest BCUT2D eigenvalue weighted by atomic mass is 10.2. The van der Waals surface area contributed by atoms with Crippen molar-refractivity contribution in [3.05, 3.63) is 29.6 Å². The predicted octanol–water partition coefficient (Wildman–Crippen LogP) is 1.29. The topological polar surface area (TPSA) is 83.5 Å². The number of sulfonamides is 1. The Hall–Kier alpha value is -1.63. The number of carbonyl (C=O) groups is 1. The molecule has 0 atom stereocenters. The molecule has 0 saturated carbocycles. The molecular weight excluding hydrogens is 237 g/mol. The number of carboxylic acids is 1. The Balaban J connectivity index is 3.13. The third kappa shape index (κ3) is 2.93. The zero-order chi connectivity index (χ0) is 12.3. The average molecular weight is 247 g/mol. The number of anilines is 1. The number of nitrogens with one attached hydrogen (secondary N) is 1. The third-order valence-corrected chi connectivity index (χ3v) is 3.15. The number of carboxylic acid groups (broad SMARTS) is 1. The van der Waals surface area contributed by atoms with Crippen molar-refractivity contribution in [1.82, 2.24) is 0 Å². The van der Waals surface area contributed by atoms with Gasteiger partial charge in [-0.1, -0.05) is 0 Å². The van der Waals surface area contributed by atoms with Crippen LogP contribution >= 0.6 is 0 Å². The molecule has 0 aliphatic carbocycles. The second kappa shape index (κ2) is 4.48. The van der Waals surface area contributed by atoms with E-state index in [9.17, 15) is 17.6 Å². The Morgan fingerprint density at radius 3 is 2.62 bits per heavy atom. The summed E-state index contributed by atoms with van der Waals surface area (Å²) in [6, 6.07) is 2.89. The van der Waals surface area contributed by atoms with Crippen LogP contribution in [0.25, 0.3) is 0 Å². The Labute approximate surface area is 92.0 Å². The highest BCUT2D eigenvalue weighted by Crippen LogP contribution is 2.17. The van der Waals surface area contributed by atoms with E-state index in [0.717, 1.165) is 18.2 Å². The lowest BCUT2D eigenvalue weighted by molar-refractivity contribution is 0.0697. The van der Waals surface area contributed by atoms with E-state index in [-0.39, 0.29) is 17.0 Å². The van der Waals surface area contributed by atoms with Gasteiger partial charge in [0.1, 0.15) is 5.82 Å². The fourth-order valence-electron chi connectivity index (χ4n) is 0.976. The summed E-state index contributed by atoms with van der Waals surface area (Å²) >= 11 is 0. The maximum atomic E-state index is 13.2. The van der Waals surface area contributed by atoms with Crippen molar-refractivity contribution in [3.63, 3.8) is 0 Å². The number of hydrogen-bond donors (Lipinski definition) is 2. The fourth-order valence-corrected chi connectivity index (χ4v) is 1.61. The van der Waals surface area contributed by atoms with E-state index < -0.39 is 21.8 Å². The largest absolute Gasteiger partial charge is 0.478 e. The minimum Gasteiger partial charge on any atom is -0.478 e. The Morgan fingerprint density at radius 2 is 2.12 bits per heavy atom. The van der Waals surface area contributed by atoms with Crippen LogP contribution in [-0.2, 0) is 10.0 Å². The van der Waals surface area contributed by atoms with Crippen LogP contribution in [0.5, 0.6) is 0 Å². The minimum atomic E-state index is -3.62. The molecule has 0 fully saturated rings. The molecule has 7 heteroatoms. The normalized spacial score (nSPS) is 11.1. The Bertz CT molecular complexity index is 512. The van der Waals surface area contributed by atoms with Crippen LogP contribution in [0.1, 0.15) is 17.3 Å². The first kappa shape index (κ1) is 12.4. The molecule has 0 saturated heterocycles. The third-order valence-electron chi connectivity index (χ3n) is 1.86. The van der Waals surface area contributed by atoms with Gasteiger partial charge in [0.2, 0.25) is 10.0 Å². The minimum absolute atomic E-state index is 0.185. The van der Waals surface area contributed by atoms with Crippen LogP contribution in [0.3, 0.4) is 0 Å². The van der Waals surface area contributed by atoms with Gasteiger partial charge in [-0.2, -0.15) is 0 Å². The zero-order valence-electron chi connectivity index (χ0n) is 8.40. The van der Waals surface area contributed by atoms with E-state index in [0.29, 0.717) is 0 Å². The lowest BCUT2D eigenvalue weighted by Crippen LogP contribution is -2.16. The fraction of sp³-hybridized carbons (Fsp3) is 0.222. The van der Waals surface area contributed by atoms with Crippen LogP contribution in [0, 0.1) is 5.82 Å². The van der Waals surface area contributed by atoms with Crippen molar-refractivity contribution in [3.8, 4) is 0 Å². The van der Waals surface area contributed by atoms with E-state index in [1.165, 1.54) is 6.92 Å². The molecule has 0 amide bonds. The van der Waals surface area contributed by atoms with E-state index in [1.807, 2.05) is 4.72 Å². The van der Waals surface area contributed by atoms with Gasteiger partial charge in [-0.05, 0) is 25.1 Å². The molecule has 16 heavy (non-hydrogen) atoms. The summed E-state index contributed by atoms with van der Waals surface area (Å²) in [5.41, 5.74) is -0.544. The van der Waals surface area contributed by atoms with Crippen LogP contribution in [0.2, 0.25) is 0 Å². The highest BCUT2D eigenvalue weighted by Gasteiger charge is 2.13. The summed E-state index contributed by atoms with van der Waals surface area (Å²) in [4.78, 5) is 10.6. The molecule has 0 radical (unpaired) electrons. The van der Waals surface area contributed by atoms with Gasteiger partial charge in [0, 0.05) is 0 Å². The number of benzene rings is 1. The molecule has 5 nitrogen and oxygen atoms in total. The summed E-state index contributed by atoms with van der Waals surface area (Å²) < 4.78 is 37.5. The van der Waals surface area contributed by atoms with Gasteiger partial charge in [-0.25, -0.2) is 17.6 Å². The molecule has 88 valence electrons. The first-order valence-electron chi connectivity index (χ1n) is 4.39. The van der Waals surface area contributed by atoms with Crippen molar-refractivity contribution < 1.29 is 22.7 Å². The maximum absolute atomic E-state index is 13.2. The smallest absolute Gasteiger partial charge is 0.335 e. The highest BCUT2D eigenvalue weighted by molar-refractivity contribution is 7.92. The van der Waals surface area contributed by atoms with E-state index in [4.69, 9.17) is 5.11 Å². The van der Waals surface area contributed by atoms with Gasteiger partial charge in [-0.3, -0.25) is 4.72 Å². The van der Waals surface area contributed by atoms with Crippen molar-refractivity contribution >= 4 is 21.7 Å². The molecule has 0 unspecified atom stereocenters. The number of hydrogen-bond acceptors (Lipinski definition) is 3. The van der Waals surface area contributed by atoms with Gasteiger partial charge < -0.3 is 5.11 Å². The van der Waals surface area contributed by atoms with Gasteiger partial charge in [0.15, 0.2) is 0 Å². The van der Waals surface area contributed by atoms with E-state index in [2.05, 4.69) is 0 Å². The molecule has 0 aromatic heterocycles. The molecule has 0 spiro atoms. The maximum Gasteiger partial charge on any atom is 0.335 e. The second-order valence-corrected chi connectivity index (χ2v) is 5.02. The monoisotopic (exact) mass is 247 g/mol. The summed E-state index contributed by atoms with van der Waals surface area (Å²) in [7, 11) is -3.62. The summed E-state index contributed by atoms with van der Waals surface area (Å²) in [6.45, 7) is 1.39. The Kier molecular flexibility index (Phi) is 3.48. The molecule has 1 aromatic rings. The highest BCUT2D eigenvalue weighted by atomic mass is 32.2. The molecule has 0 aliphatic heterocycles. The molecule has 0 heterocycles. The first-order chi connectivity index (χ1) is 7.35. The van der Waals surface area contributed by atoms with Gasteiger partial charge in [0.25, 0.3) is 0 Å². The number of aromatic carboxylic acids is 1. The predicted molar refractivity (Wildman–Crippen MR) is 56.4 cm³/mol. The molecule has 0 bridgehead atoms. The van der Waals surface area contributed by atoms with Crippen LogP contribution in [0.15, 0.2) is 18.2 Å². The molecule has 0 aliphatic rings. The number of rotatable bonds is 4. The van der Waals surface area contributed by atoms with Crippen molar-refractivity contribution in [2.45, 2.75) is 6.92 Å². The van der Waals surface area contributed by atoms with Crippen LogP contribution < -0.4 is 4.72 Å². The van der Waals surface area contributed by atoms with Gasteiger partial charge in [-0.15, -0.1) is 0 Å². The molecular formula is C9H10FNO4S. The molecule has 1 rings (SSSR count). The molecule has 1 aromatic carbocycles. The summed E-state index contributed by atoms with van der Waals surface area (Å²) in [6.07, 6.45) is 0. The first-order valence-corrected chi connectivity index (χ1v) is 6.04. The van der Waals surface area contributed by atoms with Crippen molar-refractivity contribution in [1.29, 1.82) is 0 Å². The van der Waals surface area contributed by atoms with Crippen molar-refractivity contribution in [2.24, 2.45) is 0 Å². The Morgan fingerprint density at radius 1 is 1.50 bits per heavy atom. The van der Waals surface area contributed by atoms with Gasteiger partial charge >= 0.3 is 5.97 Å². The second-order valence-electron chi connectivity index (χ2n) is 3.01. The van der Waals surface area contributed by atoms with Gasteiger partial charge in [0.05, 0.1) is 17.0 Å². The average Bonchev–Trinajstić information content (AvgIpc) is 2.21. The van der Waals surface area contributed by atoms with Crippen molar-refractivity contribution in [2.75, 3.05) is 10.5 Å². The van der Waals surface area contributed by atoms with E-state index >= 15 is 0 Å². The van der Waals surface area contributed by atoms with Crippen LogP contribution in [-0.4, -0.2) is 25.2 Å².